The number of rotatable bonds is 3. The van der Waals surface area contributed by atoms with Crippen LogP contribution in [0.1, 0.15) is 40.8 Å². The summed E-state index contributed by atoms with van der Waals surface area (Å²) in [6.45, 7) is 8.74. The first-order valence-electron chi connectivity index (χ1n) is 9.37. The summed E-state index contributed by atoms with van der Waals surface area (Å²) in [5, 5.41) is 12.3. The number of ether oxygens (including phenoxy) is 4. The molecule has 0 aromatic carbocycles. The fourth-order valence-electron chi connectivity index (χ4n) is 3.56. The average Bonchev–Trinajstić information content (AvgIpc) is 3.24. The van der Waals surface area contributed by atoms with E-state index in [9.17, 15) is 9.90 Å². The van der Waals surface area contributed by atoms with Crippen molar-refractivity contribution in [1.82, 2.24) is 19.5 Å². The van der Waals surface area contributed by atoms with Gasteiger partial charge in [0, 0.05) is 0 Å². The van der Waals surface area contributed by atoms with Crippen LogP contribution >= 0.6 is 0 Å². The summed E-state index contributed by atoms with van der Waals surface area (Å²) in [5.41, 5.74) is 0.180. The first kappa shape index (κ1) is 20.0. The smallest absolute Gasteiger partial charge is 0.413 e. The van der Waals surface area contributed by atoms with E-state index in [1.807, 2.05) is 13.8 Å². The molecule has 2 saturated heterocycles. The molecule has 2 aliphatic rings. The number of aromatic nitrogens is 4. The van der Waals surface area contributed by atoms with E-state index in [-0.39, 0.29) is 12.4 Å². The van der Waals surface area contributed by atoms with Crippen LogP contribution in [0, 0.1) is 0 Å². The number of imidazole rings is 1. The Hall–Kier alpha value is -2.34. The topological polar surface area (TPSA) is 130 Å². The van der Waals surface area contributed by atoms with Crippen molar-refractivity contribution in [3.8, 4) is 0 Å². The van der Waals surface area contributed by atoms with E-state index in [4.69, 9.17) is 18.9 Å². The molecule has 2 aliphatic heterocycles. The Labute approximate surface area is 167 Å². The van der Waals surface area contributed by atoms with Crippen molar-refractivity contribution < 1.29 is 28.8 Å². The molecule has 0 spiro atoms. The first-order chi connectivity index (χ1) is 13.6. The van der Waals surface area contributed by atoms with Crippen molar-refractivity contribution in [3.05, 3.63) is 12.7 Å². The molecule has 4 atom stereocenters. The lowest BCUT2D eigenvalue weighted by molar-refractivity contribution is -0.199. The van der Waals surface area contributed by atoms with Crippen LogP contribution < -0.4 is 5.32 Å². The van der Waals surface area contributed by atoms with Gasteiger partial charge in [0.2, 0.25) is 0 Å². The van der Waals surface area contributed by atoms with Gasteiger partial charge in [-0.05, 0) is 34.6 Å². The summed E-state index contributed by atoms with van der Waals surface area (Å²) in [4.78, 5) is 24.9. The Balaban J connectivity index is 1.64. The van der Waals surface area contributed by atoms with Crippen LogP contribution in [0.25, 0.3) is 11.2 Å². The molecule has 4 heterocycles. The first-order valence-corrected chi connectivity index (χ1v) is 9.37. The Morgan fingerprint density at radius 3 is 2.69 bits per heavy atom. The molecule has 11 heteroatoms. The molecule has 1 amide bonds. The third kappa shape index (κ3) is 3.78. The van der Waals surface area contributed by atoms with E-state index in [1.165, 1.54) is 12.7 Å². The second-order valence-electron chi connectivity index (χ2n) is 8.49. The van der Waals surface area contributed by atoms with Crippen molar-refractivity contribution in [1.29, 1.82) is 0 Å². The third-order valence-electron chi connectivity index (χ3n) is 4.56. The number of fused-ring (bicyclic) bond motifs is 2. The Kier molecular flexibility index (Phi) is 4.73. The van der Waals surface area contributed by atoms with E-state index in [0.717, 1.165) is 0 Å². The Bertz CT molecular complexity index is 923. The van der Waals surface area contributed by atoms with Gasteiger partial charge < -0.3 is 24.1 Å². The fraction of sp³-hybridized carbons (Fsp3) is 0.667. The van der Waals surface area contributed by atoms with Gasteiger partial charge in [-0.2, -0.15) is 0 Å². The van der Waals surface area contributed by atoms with E-state index in [1.54, 1.807) is 25.3 Å². The van der Waals surface area contributed by atoms with Crippen LogP contribution in [0.5, 0.6) is 0 Å². The Morgan fingerprint density at radius 2 is 2.00 bits per heavy atom. The number of hydrogen-bond donors (Lipinski definition) is 2. The number of hydrogen-bond acceptors (Lipinski definition) is 9. The van der Waals surface area contributed by atoms with Gasteiger partial charge >= 0.3 is 6.09 Å². The second-order valence-corrected chi connectivity index (χ2v) is 8.49. The van der Waals surface area contributed by atoms with Gasteiger partial charge in [0.15, 0.2) is 29.0 Å². The quantitative estimate of drug-likeness (QED) is 0.779. The zero-order valence-electron chi connectivity index (χ0n) is 16.9. The number of carbonyl (C=O) groups excluding carboxylic acids is 1. The lowest BCUT2D eigenvalue weighted by atomic mass is 10.1. The largest absolute Gasteiger partial charge is 0.444 e. The van der Waals surface area contributed by atoms with Gasteiger partial charge in [0.25, 0.3) is 0 Å². The van der Waals surface area contributed by atoms with Gasteiger partial charge in [-0.1, -0.05) is 0 Å². The minimum atomic E-state index is -0.792. The van der Waals surface area contributed by atoms with Crippen LogP contribution in [0.15, 0.2) is 12.7 Å². The predicted molar refractivity (Wildman–Crippen MR) is 100 cm³/mol. The lowest BCUT2D eigenvalue weighted by Crippen LogP contribution is -2.31. The highest BCUT2D eigenvalue weighted by atomic mass is 16.8. The summed E-state index contributed by atoms with van der Waals surface area (Å²) in [5.74, 6) is -0.570. The van der Waals surface area contributed by atoms with E-state index >= 15 is 0 Å². The standard InChI is InChI=1S/C18H25N5O6/c1-17(2,3)29-16(25)22-13-10-14(20-7-19-13)23(8-21-10)15-12-11(9(6-24)26-15)27-18(4,5)28-12/h7-9,11-12,15,24H,6H2,1-5H3,(H,19,20,22,25)/t9-,11?,12?,15-/m1/s1. The maximum absolute atomic E-state index is 12.1. The summed E-state index contributed by atoms with van der Waals surface area (Å²) in [6, 6.07) is 0. The summed E-state index contributed by atoms with van der Waals surface area (Å²) in [6.07, 6.45) is 0.211. The number of aliphatic hydroxyl groups excluding tert-OH is 1. The van der Waals surface area contributed by atoms with E-state index in [2.05, 4.69) is 20.3 Å². The predicted octanol–water partition coefficient (Wildman–Crippen LogP) is 1.58. The van der Waals surface area contributed by atoms with Gasteiger partial charge in [0.05, 0.1) is 12.9 Å². The molecule has 0 radical (unpaired) electrons. The van der Waals surface area contributed by atoms with E-state index < -0.39 is 42.0 Å². The summed E-state index contributed by atoms with van der Waals surface area (Å²) < 4.78 is 24.8. The van der Waals surface area contributed by atoms with Crippen LogP contribution in [0.4, 0.5) is 10.6 Å². The monoisotopic (exact) mass is 407 g/mol. The zero-order valence-corrected chi connectivity index (χ0v) is 16.9. The molecule has 2 unspecified atom stereocenters. The van der Waals surface area contributed by atoms with Gasteiger partial charge in [-0.25, -0.2) is 19.7 Å². The molecule has 2 N–H and O–H groups in total. The molecule has 2 fully saturated rings. The van der Waals surface area contributed by atoms with Crippen LogP contribution in [-0.4, -0.2) is 67.0 Å². The molecule has 158 valence electrons. The molecule has 0 saturated carbocycles. The fourth-order valence-corrected chi connectivity index (χ4v) is 3.56. The van der Waals surface area contributed by atoms with Crippen molar-refractivity contribution in [2.45, 2.75) is 70.5 Å². The number of carbonyl (C=O) groups is 1. The van der Waals surface area contributed by atoms with E-state index in [0.29, 0.717) is 11.2 Å². The molecule has 2 aromatic heterocycles. The molecular weight excluding hydrogens is 382 g/mol. The maximum atomic E-state index is 12.1. The highest BCUT2D eigenvalue weighted by Crippen LogP contribution is 2.43. The maximum Gasteiger partial charge on any atom is 0.413 e. The highest BCUT2D eigenvalue weighted by Gasteiger charge is 2.56. The number of nitrogens with one attached hydrogen (secondary N) is 1. The minimum Gasteiger partial charge on any atom is -0.444 e. The number of aliphatic hydroxyl groups is 1. The SMILES string of the molecule is CC(C)(C)OC(=O)Nc1ncnc2c1ncn2[C@@H]1O[C@H](CO)C2OC(C)(C)OC21. The molecule has 4 rings (SSSR count). The van der Waals surface area contributed by atoms with Gasteiger partial charge in [0.1, 0.15) is 30.2 Å². The van der Waals surface area contributed by atoms with Crippen LogP contribution in [0.2, 0.25) is 0 Å². The average molecular weight is 407 g/mol. The summed E-state index contributed by atoms with van der Waals surface area (Å²) >= 11 is 0. The summed E-state index contributed by atoms with van der Waals surface area (Å²) in [7, 11) is 0. The van der Waals surface area contributed by atoms with Crippen molar-refractivity contribution in [3.63, 3.8) is 0 Å². The number of anilines is 1. The van der Waals surface area contributed by atoms with Crippen LogP contribution in [-0.2, 0) is 18.9 Å². The normalized spacial score (nSPS) is 28.5. The molecule has 0 bridgehead atoms. The van der Waals surface area contributed by atoms with Crippen molar-refractivity contribution >= 4 is 23.1 Å². The second kappa shape index (κ2) is 6.87. The van der Waals surface area contributed by atoms with Gasteiger partial charge in [-0.3, -0.25) is 9.88 Å². The highest BCUT2D eigenvalue weighted by molar-refractivity contribution is 5.93. The lowest BCUT2D eigenvalue weighted by Gasteiger charge is -2.24. The minimum absolute atomic E-state index is 0.204. The molecule has 29 heavy (non-hydrogen) atoms. The third-order valence-corrected chi connectivity index (χ3v) is 4.56. The molecule has 0 aliphatic carbocycles. The number of amides is 1. The molecular formula is C18H25N5O6. The van der Waals surface area contributed by atoms with Crippen molar-refractivity contribution in [2.24, 2.45) is 0 Å². The van der Waals surface area contributed by atoms with Crippen LogP contribution in [0.3, 0.4) is 0 Å². The number of nitrogens with zero attached hydrogens (tertiary/aromatic N) is 4. The zero-order chi connectivity index (χ0) is 21.0. The molecule has 11 nitrogen and oxygen atoms in total. The van der Waals surface area contributed by atoms with Crippen molar-refractivity contribution in [2.75, 3.05) is 11.9 Å². The molecule has 2 aromatic rings. The Morgan fingerprint density at radius 1 is 1.28 bits per heavy atom. The van der Waals surface area contributed by atoms with Gasteiger partial charge in [-0.15, -0.1) is 0 Å².